The lowest BCUT2D eigenvalue weighted by atomic mass is 10.2. The van der Waals surface area contributed by atoms with Gasteiger partial charge < -0.3 is 5.32 Å². The van der Waals surface area contributed by atoms with Crippen molar-refractivity contribution in [1.82, 2.24) is 4.98 Å². The molecule has 0 aliphatic carbocycles. The number of benzene rings is 1. The third kappa shape index (κ3) is 2.75. The molecule has 0 radical (unpaired) electrons. The highest BCUT2D eigenvalue weighted by Crippen LogP contribution is 2.21. The zero-order valence-electron chi connectivity index (χ0n) is 9.40. The van der Waals surface area contributed by atoms with Gasteiger partial charge in [0.15, 0.2) is 0 Å². The van der Waals surface area contributed by atoms with E-state index in [0.29, 0.717) is 16.1 Å². The zero-order chi connectivity index (χ0) is 13.1. The van der Waals surface area contributed by atoms with Crippen molar-refractivity contribution >= 4 is 38.9 Å². The summed E-state index contributed by atoms with van der Waals surface area (Å²) in [7, 11) is 0. The minimum Gasteiger partial charge on any atom is -0.320 e. The lowest BCUT2D eigenvalue weighted by Gasteiger charge is -2.05. The molecule has 0 aliphatic heterocycles. The first-order valence-electron chi connectivity index (χ1n) is 5.03. The molecule has 0 bridgehead atoms. The Morgan fingerprint density at radius 3 is 2.94 bits per heavy atom. The Morgan fingerprint density at radius 1 is 1.56 bits per heavy atom. The van der Waals surface area contributed by atoms with Gasteiger partial charge in [-0.1, -0.05) is 15.9 Å². The lowest BCUT2D eigenvalue weighted by molar-refractivity contribution is 0.103. The van der Waals surface area contributed by atoms with Crippen molar-refractivity contribution in [3.05, 3.63) is 44.3 Å². The fraction of sp³-hybridized carbons (Fsp3) is 0.0833. The summed E-state index contributed by atoms with van der Waals surface area (Å²) in [5.41, 5.74) is 0.913. The first kappa shape index (κ1) is 12.7. The number of nitrogens with one attached hydrogen (secondary N) is 1. The molecule has 4 nitrogen and oxygen atoms in total. The SMILES string of the molecule is Cc1ncc(C(=O)Nc2ccc(Br)cc2C#N)s1. The van der Waals surface area contributed by atoms with Gasteiger partial charge in [-0.15, -0.1) is 11.3 Å². The zero-order valence-corrected chi connectivity index (χ0v) is 11.8. The molecule has 1 N–H and O–H groups in total. The number of carbonyl (C=O) groups excluding carboxylic acids is 1. The van der Waals surface area contributed by atoms with Crippen molar-refractivity contribution in [3.8, 4) is 6.07 Å². The molecule has 2 rings (SSSR count). The topological polar surface area (TPSA) is 65.8 Å². The van der Waals surface area contributed by atoms with Crippen LogP contribution < -0.4 is 5.32 Å². The van der Waals surface area contributed by atoms with Gasteiger partial charge >= 0.3 is 0 Å². The van der Waals surface area contributed by atoms with E-state index in [9.17, 15) is 4.79 Å². The average molecular weight is 322 g/mol. The smallest absolute Gasteiger partial charge is 0.267 e. The van der Waals surface area contributed by atoms with Crippen LogP contribution in [0.2, 0.25) is 0 Å². The molecule has 1 aromatic carbocycles. The summed E-state index contributed by atoms with van der Waals surface area (Å²) in [5, 5.41) is 12.5. The van der Waals surface area contributed by atoms with Crippen LogP contribution in [-0.4, -0.2) is 10.9 Å². The van der Waals surface area contributed by atoms with Crippen LogP contribution in [0, 0.1) is 18.3 Å². The Kier molecular flexibility index (Phi) is 3.75. The highest BCUT2D eigenvalue weighted by Gasteiger charge is 2.11. The molecule has 1 heterocycles. The number of aromatic nitrogens is 1. The van der Waals surface area contributed by atoms with Gasteiger partial charge in [-0.3, -0.25) is 4.79 Å². The quantitative estimate of drug-likeness (QED) is 0.922. The number of thiazole rings is 1. The van der Waals surface area contributed by atoms with Gasteiger partial charge in [0.05, 0.1) is 22.5 Å². The molecule has 1 aromatic heterocycles. The van der Waals surface area contributed by atoms with Crippen LogP contribution in [0.5, 0.6) is 0 Å². The standard InChI is InChI=1S/C12H8BrN3OS/c1-7-15-6-11(18-7)12(17)16-10-3-2-9(13)4-8(10)5-14/h2-4,6H,1H3,(H,16,17). The van der Waals surface area contributed by atoms with Gasteiger partial charge in [-0.05, 0) is 25.1 Å². The second kappa shape index (κ2) is 5.29. The Hall–Kier alpha value is -1.71. The van der Waals surface area contributed by atoms with Crippen molar-refractivity contribution in [2.24, 2.45) is 0 Å². The minimum atomic E-state index is -0.251. The molecule has 90 valence electrons. The fourth-order valence-corrected chi connectivity index (χ4v) is 2.40. The molecule has 0 unspecified atom stereocenters. The first-order chi connectivity index (χ1) is 8.60. The van der Waals surface area contributed by atoms with Crippen molar-refractivity contribution in [2.45, 2.75) is 6.92 Å². The van der Waals surface area contributed by atoms with E-state index >= 15 is 0 Å². The summed E-state index contributed by atoms with van der Waals surface area (Å²) in [6, 6.07) is 7.16. The second-order valence-electron chi connectivity index (χ2n) is 3.50. The summed E-state index contributed by atoms with van der Waals surface area (Å²) in [4.78, 5) is 16.5. The Labute approximate surface area is 116 Å². The van der Waals surface area contributed by atoms with Gasteiger partial charge in [0.2, 0.25) is 0 Å². The molecular formula is C12H8BrN3OS. The maximum absolute atomic E-state index is 11.9. The molecule has 1 amide bonds. The summed E-state index contributed by atoms with van der Waals surface area (Å²) in [6.45, 7) is 1.84. The number of nitrogens with zero attached hydrogens (tertiary/aromatic N) is 2. The lowest BCUT2D eigenvalue weighted by Crippen LogP contribution is -2.11. The summed E-state index contributed by atoms with van der Waals surface area (Å²) < 4.78 is 0.797. The molecular weight excluding hydrogens is 314 g/mol. The molecule has 6 heteroatoms. The molecule has 0 fully saturated rings. The molecule has 0 spiro atoms. The van der Waals surface area contributed by atoms with Crippen LogP contribution in [0.1, 0.15) is 20.2 Å². The number of anilines is 1. The van der Waals surface area contributed by atoms with Gasteiger partial charge in [-0.25, -0.2) is 4.98 Å². The van der Waals surface area contributed by atoms with Crippen LogP contribution >= 0.6 is 27.3 Å². The van der Waals surface area contributed by atoms with E-state index in [0.717, 1.165) is 9.48 Å². The number of halogens is 1. The minimum absolute atomic E-state index is 0.251. The number of aryl methyl sites for hydroxylation is 1. The summed E-state index contributed by atoms with van der Waals surface area (Å²) in [6.07, 6.45) is 1.53. The van der Waals surface area contributed by atoms with Gasteiger partial charge in [0, 0.05) is 4.47 Å². The van der Waals surface area contributed by atoms with Gasteiger partial charge in [0.1, 0.15) is 10.9 Å². The Bertz CT molecular complexity index is 645. The van der Waals surface area contributed by atoms with E-state index in [1.54, 1.807) is 18.2 Å². The van der Waals surface area contributed by atoms with Crippen LogP contribution in [0.15, 0.2) is 28.9 Å². The average Bonchev–Trinajstić information content (AvgIpc) is 2.78. The van der Waals surface area contributed by atoms with Crippen LogP contribution in [0.3, 0.4) is 0 Å². The Morgan fingerprint density at radius 2 is 2.33 bits per heavy atom. The fourth-order valence-electron chi connectivity index (χ4n) is 1.37. The number of nitriles is 1. The third-order valence-corrected chi connectivity index (χ3v) is 3.60. The number of carbonyl (C=O) groups is 1. The van der Waals surface area contributed by atoms with Crippen molar-refractivity contribution in [3.63, 3.8) is 0 Å². The van der Waals surface area contributed by atoms with Crippen molar-refractivity contribution in [1.29, 1.82) is 5.26 Å². The highest BCUT2D eigenvalue weighted by molar-refractivity contribution is 9.10. The Balaban J connectivity index is 2.25. The van der Waals surface area contributed by atoms with Gasteiger partial charge in [0.25, 0.3) is 5.91 Å². The monoisotopic (exact) mass is 321 g/mol. The largest absolute Gasteiger partial charge is 0.320 e. The number of hydrogen-bond acceptors (Lipinski definition) is 4. The summed E-state index contributed by atoms with van der Waals surface area (Å²) >= 11 is 4.60. The predicted octanol–water partition coefficient (Wildman–Crippen LogP) is 3.34. The molecule has 0 saturated carbocycles. The third-order valence-electron chi connectivity index (χ3n) is 2.20. The van der Waals surface area contributed by atoms with E-state index in [2.05, 4.69) is 26.2 Å². The molecule has 0 atom stereocenters. The van der Waals surface area contributed by atoms with Gasteiger partial charge in [-0.2, -0.15) is 5.26 Å². The molecule has 2 aromatic rings. The predicted molar refractivity (Wildman–Crippen MR) is 73.7 cm³/mol. The first-order valence-corrected chi connectivity index (χ1v) is 6.64. The maximum Gasteiger partial charge on any atom is 0.267 e. The van der Waals surface area contributed by atoms with Crippen molar-refractivity contribution in [2.75, 3.05) is 5.32 Å². The van der Waals surface area contributed by atoms with E-state index in [1.165, 1.54) is 17.5 Å². The molecule has 0 saturated heterocycles. The van der Waals surface area contributed by atoms with E-state index < -0.39 is 0 Å². The van der Waals surface area contributed by atoms with E-state index in [4.69, 9.17) is 5.26 Å². The van der Waals surface area contributed by atoms with Crippen LogP contribution in [0.4, 0.5) is 5.69 Å². The summed E-state index contributed by atoms with van der Waals surface area (Å²) in [5.74, 6) is -0.251. The number of amides is 1. The molecule has 0 aliphatic rings. The maximum atomic E-state index is 11.9. The normalized spacial score (nSPS) is 9.83. The highest BCUT2D eigenvalue weighted by atomic mass is 79.9. The van der Waals surface area contributed by atoms with Crippen LogP contribution in [0.25, 0.3) is 0 Å². The molecule has 18 heavy (non-hydrogen) atoms. The number of hydrogen-bond donors (Lipinski definition) is 1. The second-order valence-corrected chi connectivity index (χ2v) is 5.65. The van der Waals surface area contributed by atoms with Crippen LogP contribution in [-0.2, 0) is 0 Å². The van der Waals surface area contributed by atoms with E-state index in [1.807, 2.05) is 13.0 Å². The van der Waals surface area contributed by atoms with Crippen molar-refractivity contribution < 1.29 is 4.79 Å². The van der Waals surface area contributed by atoms with E-state index in [-0.39, 0.29) is 5.91 Å². The number of rotatable bonds is 2.